The molecule has 2 aromatic carbocycles. The van der Waals surface area contributed by atoms with Crippen LogP contribution in [0.15, 0.2) is 53.7 Å². The first-order valence-electron chi connectivity index (χ1n) is 7.63. The predicted molar refractivity (Wildman–Crippen MR) is 88.8 cm³/mol. The van der Waals surface area contributed by atoms with Gasteiger partial charge >= 0.3 is 0 Å². The number of thioether (sulfide) groups is 1. The molecule has 5 nitrogen and oxygen atoms in total. The van der Waals surface area contributed by atoms with E-state index in [2.05, 4.69) is 39.8 Å². The molecule has 1 aliphatic rings. The van der Waals surface area contributed by atoms with Gasteiger partial charge in [0.15, 0.2) is 0 Å². The van der Waals surface area contributed by atoms with Gasteiger partial charge in [-0.05, 0) is 65.1 Å². The third kappa shape index (κ3) is 2.82. The Kier molecular flexibility index (Phi) is 3.75. The number of aryl methyl sites for hydroxylation is 1. The van der Waals surface area contributed by atoms with Crippen molar-refractivity contribution >= 4 is 11.8 Å². The minimum absolute atomic E-state index is 0.234. The van der Waals surface area contributed by atoms with E-state index >= 15 is 0 Å². The Morgan fingerprint density at radius 2 is 1.91 bits per heavy atom. The maximum Gasteiger partial charge on any atom is 0.214 e. The summed E-state index contributed by atoms with van der Waals surface area (Å²) in [7, 11) is 0. The maximum absolute atomic E-state index is 9.43. The van der Waals surface area contributed by atoms with Crippen molar-refractivity contribution in [1.82, 2.24) is 20.2 Å². The zero-order valence-corrected chi connectivity index (χ0v) is 13.3. The Hall–Kier alpha value is -2.34. The summed E-state index contributed by atoms with van der Waals surface area (Å²) >= 11 is 1.70. The van der Waals surface area contributed by atoms with Gasteiger partial charge in [0.25, 0.3) is 0 Å². The fourth-order valence-electron chi connectivity index (χ4n) is 2.97. The summed E-state index contributed by atoms with van der Waals surface area (Å²) in [4.78, 5) is 0. The van der Waals surface area contributed by atoms with Crippen molar-refractivity contribution in [3.63, 3.8) is 0 Å². The van der Waals surface area contributed by atoms with Gasteiger partial charge in [0.1, 0.15) is 5.75 Å². The summed E-state index contributed by atoms with van der Waals surface area (Å²) in [6, 6.07) is 15.5. The van der Waals surface area contributed by atoms with Crippen molar-refractivity contribution in [3.05, 3.63) is 59.7 Å². The topological polar surface area (TPSA) is 63.8 Å². The molecule has 0 radical (unpaired) electrons. The first-order chi connectivity index (χ1) is 11.3. The second-order valence-electron chi connectivity index (χ2n) is 5.59. The molecule has 23 heavy (non-hydrogen) atoms. The van der Waals surface area contributed by atoms with E-state index in [4.69, 9.17) is 0 Å². The number of benzene rings is 2. The standard InChI is InChI=1S/C17H16N4OS/c22-14-10-8-13(9-11-14)21-17(18-19-20-21)23-16-7-3-5-12-4-1-2-6-15(12)16/h1-2,4,6,8-11,16,22H,3,5,7H2. The highest BCUT2D eigenvalue weighted by Gasteiger charge is 2.23. The Morgan fingerprint density at radius 3 is 2.78 bits per heavy atom. The molecule has 0 saturated heterocycles. The average Bonchev–Trinajstić information content (AvgIpc) is 3.04. The SMILES string of the molecule is Oc1ccc(-n2nnnc2SC2CCCc3ccccc32)cc1. The van der Waals surface area contributed by atoms with E-state index in [-0.39, 0.29) is 5.75 Å². The van der Waals surface area contributed by atoms with Gasteiger partial charge in [0, 0.05) is 5.25 Å². The number of aromatic hydroxyl groups is 1. The summed E-state index contributed by atoms with van der Waals surface area (Å²) in [6.07, 6.45) is 3.47. The first-order valence-corrected chi connectivity index (χ1v) is 8.51. The van der Waals surface area contributed by atoms with Gasteiger partial charge in [-0.1, -0.05) is 36.0 Å². The predicted octanol–water partition coefficient (Wildman–Crippen LogP) is 3.54. The molecule has 1 aromatic heterocycles. The first kappa shape index (κ1) is 14.3. The molecule has 0 aliphatic heterocycles. The molecular formula is C17H16N4OS. The van der Waals surface area contributed by atoms with Gasteiger partial charge < -0.3 is 5.11 Å². The van der Waals surface area contributed by atoms with Crippen LogP contribution in [0.1, 0.15) is 29.2 Å². The van der Waals surface area contributed by atoms with Crippen LogP contribution in [0, 0.1) is 0 Å². The summed E-state index contributed by atoms with van der Waals surface area (Å²) in [6.45, 7) is 0. The van der Waals surface area contributed by atoms with E-state index in [1.807, 2.05) is 12.1 Å². The van der Waals surface area contributed by atoms with E-state index in [1.165, 1.54) is 17.5 Å². The van der Waals surface area contributed by atoms with E-state index in [9.17, 15) is 5.11 Å². The molecule has 6 heteroatoms. The lowest BCUT2D eigenvalue weighted by molar-refractivity contribution is 0.475. The van der Waals surface area contributed by atoms with Crippen LogP contribution in [0.2, 0.25) is 0 Å². The largest absolute Gasteiger partial charge is 0.508 e. The van der Waals surface area contributed by atoms with Crippen molar-refractivity contribution in [2.75, 3.05) is 0 Å². The van der Waals surface area contributed by atoms with Crippen LogP contribution in [0.4, 0.5) is 0 Å². The fourth-order valence-corrected chi connectivity index (χ4v) is 4.19. The Balaban J connectivity index is 1.64. The number of aromatic nitrogens is 4. The van der Waals surface area contributed by atoms with E-state index in [1.54, 1.807) is 28.6 Å². The van der Waals surface area contributed by atoms with Crippen molar-refractivity contribution in [3.8, 4) is 11.4 Å². The molecule has 1 unspecified atom stereocenters. The van der Waals surface area contributed by atoms with Crippen LogP contribution in [0.3, 0.4) is 0 Å². The highest BCUT2D eigenvalue weighted by atomic mass is 32.2. The molecule has 0 spiro atoms. The number of hydrogen-bond donors (Lipinski definition) is 1. The molecule has 1 N–H and O–H groups in total. The van der Waals surface area contributed by atoms with Crippen LogP contribution in [0.5, 0.6) is 5.75 Å². The number of hydrogen-bond acceptors (Lipinski definition) is 5. The fraction of sp³-hybridized carbons (Fsp3) is 0.235. The van der Waals surface area contributed by atoms with Crippen LogP contribution in [-0.2, 0) is 6.42 Å². The molecule has 0 saturated carbocycles. The van der Waals surface area contributed by atoms with Crippen LogP contribution in [0.25, 0.3) is 5.69 Å². The average molecular weight is 324 g/mol. The Labute approximate surface area is 138 Å². The van der Waals surface area contributed by atoms with Gasteiger partial charge in [-0.25, -0.2) is 0 Å². The van der Waals surface area contributed by atoms with Crippen molar-refractivity contribution in [2.24, 2.45) is 0 Å². The molecule has 4 rings (SSSR count). The molecule has 0 amide bonds. The summed E-state index contributed by atoms with van der Waals surface area (Å²) in [5.41, 5.74) is 3.67. The molecule has 1 atom stereocenters. The zero-order chi connectivity index (χ0) is 15.6. The lowest BCUT2D eigenvalue weighted by Gasteiger charge is -2.24. The van der Waals surface area contributed by atoms with Crippen molar-refractivity contribution in [2.45, 2.75) is 29.7 Å². The van der Waals surface area contributed by atoms with Gasteiger partial charge in [0.2, 0.25) is 5.16 Å². The highest BCUT2D eigenvalue weighted by molar-refractivity contribution is 7.99. The van der Waals surface area contributed by atoms with E-state index < -0.39 is 0 Å². The quantitative estimate of drug-likeness (QED) is 0.798. The lowest BCUT2D eigenvalue weighted by Crippen LogP contribution is -2.08. The number of rotatable bonds is 3. The minimum atomic E-state index is 0.234. The van der Waals surface area contributed by atoms with Gasteiger partial charge in [-0.2, -0.15) is 4.68 Å². The lowest BCUT2D eigenvalue weighted by atomic mass is 9.91. The van der Waals surface area contributed by atoms with E-state index in [0.29, 0.717) is 5.25 Å². The summed E-state index contributed by atoms with van der Waals surface area (Å²) < 4.78 is 1.72. The molecule has 3 aromatic rings. The van der Waals surface area contributed by atoms with Crippen LogP contribution < -0.4 is 0 Å². The van der Waals surface area contributed by atoms with Crippen LogP contribution >= 0.6 is 11.8 Å². The highest BCUT2D eigenvalue weighted by Crippen LogP contribution is 2.42. The Morgan fingerprint density at radius 1 is 1.09 bits per heavy atom. The summed E-state index contributed by atoms with van der Waals surface area (Å²) in [5.74, 6) is 0.234. The van der Waals surface area contributed by atoms with Gasteiger partial charge in [0.05, 0.1) is 5.69 Å². The molecule has 0 fully saturated rings. The summed E-state index contributed by atoms with van der Waals surface area (Å²) in [5, 5.41) is 22.7. The number of phenolic OH excluding ortho intramolecular Hbond substituents is 1. The van der Waals surface area contributed by atoms with Crippen molar-refractivity contribution in [1.29, 1.82) is 0 Å². The molecule has 116 valence electrons. The molecule has 1 aliphatic carbocycles. The van der Waals surface area contributed by atoms with Crippen molar-refractivity contribution < 1.29 is 5.11 Å². The second kappa shape index (κ2) is 6.04. The monoisotopic (exact) mass is 324 g/mol. The molecule has 0 bridgehead atoms. The number of tetrazole rings is 1. The third-order valence-electron chi connectivity index (χ3n) is 4.10. The minimum Gasteiger partial charge on any atom is -0.508 e. The number of fused-ring (bicyclic) bond motifs is 1. The van der Waals surface area contributed by atoms with Gasteiger partial charge in [-0.3, -0.25) is 0 Å². The maximum atomic E-state index is 9.43. The smallest absolute Gasteiger partial charge is 0.214 e. The zero-order valence-electron chi connectivity index (χ0n) is 12.5. The van der Waals surface area contributed by atoms with E-state index in [0.717, 1.165) is 23.7 Å². The Bertz CT molecular complexity index is 815. The normalized spacial score (nSPS) is 17.0. The molecule has 1 heterocycles. The molecular weight excluding hydrogens is 308 g/mol. The number of nitrogens with zero attached hydrogens (tertiary/aromatic N) is 4. The second-order valence-corrected chi connectivity index (χ2v) is 6.76. The third-order valence-corrected chi connectivity index (χ3v) is 5.34. The van der Waals surface area contributed by atoms with Crippen LogP contribution in [-0.4, -0.2) is 25.3 Å². The number of phenols is 1. The van der Waals surface area contributed by atoms with Gasteiger partial charge in [-0.15, -0.1) is 5.10 Å².